The molecular formula is C16H21N3O. The Morgan fingerprint density at radius 3 is 2.60 bits per heavy atom. The summed E-state index contributed by atoms with van der Waals surface area (Å²) in [5, 5.41) is 3.22. The predicted molar refractivity (Wildman–Crippen MR) is 83.5 cm³/mol. The van der Waals surface area contributed by atoms with E-state index in [4.69, 9.17) is 10.5 Å². The van der Waals surface area contributed by atoms with E-state index in [0.29, 0.717) is 11.5 Å². The molecule has 1 aromatic carbocycles. The van der Waals surface area contributed by atoms with Crippen LogP contribution in [0.3, 0.4) is 0 Å². The van der Waals surface area contributed by atoms with Crippen LogP contribution in [-0.2, 0) is 0 Å². The lowest BCUT2D eigenvalue weighted by atomic mass is 10.3. The number of nitrogens with zero attached hydrogens (tertiary/aromatic N) is 1. The number of hydrogen-bond acceptors (Lipinski definition) is 4. The van der Waals surface area contributed by atoms with Crippen LogP contribution in [0.5, 0.6) is 5.75 Å². The summed E-state index contributed by atoms with van der Waals surface area (Å²) in [5.74, 6) is 1.57. The Hall–Kier alpha value is -2.23. The van der Waals surface area contributed by atoms with Crippen LogP contribution < -0.4 is 15.8 Å². The van der Waals surface area contributed by atoms with E-state index in [1.165, 1.54) is 0 Å². The molecule has 20 heavy (non-hydrogen) atoms. The maximum absolute atomic E-state index is 5.90. The summed E-state index contributed by atoms with van der Waals surface area (Å²) in [4.78, 5) is 4.38. The molecule has 0 atom stereocenters. The minimum atomic E-state index is 0.638. The van der Waals surface area contributed by atoms with Gasteiger partial charge in [0.1, 0.15) is 5.75 Å². The van der Waals surface area contributed by atoms with Crippen LogP contribution in [0.25, 0.3) is 0 Å². The number of benzene rings is 1. The number of hydrogen-bond donors (Lipinski definition) is 2. The topological polar surface area (TPSA) is 60.2 Å². The maximum Gasteiger partial charge on any atom is 0.153 e. The molecule has 1 aromatic heterocycles. The number of nitrogen functional groups attached to an aromatic ring is 1. The number of aryl methyl sites for hydroxylation is 1. The zero-order valence-corrected chi connectivity index (χ0v) is 12.0. The number of aromatic nitrogens is 1. The number of nitrogens with two attached hydrogens (primary N) is 1. The summed E-state index contributed by atoms with van der Waals surface area (Å²) < 4.78 is 5.63. The fourth-order valence-corrected chi connectivity index (χ4v) is 1.77. The molecule has 0 unspecified atom stereocenters. The number of unbranched alkanes of at least 4 members (excludes halogenated alkanes) is 1. The van der Waals surface area contributed by atoms with Gasteiger partial charge in [-0.25, -0.2) is 4.98 Å². The average Bonchev–Trinajstić information content (AvgIpc) is 2.45. The summed E-state index contributed by atoms with van der Waals surface area (Å²) in [7, 11) is 0. The number of nitrogens with one attached hydrogen (secondary N) is 1. The van der Waals surface area contributed by atoms with E-state index < -0.39 is 0 Å². The van der Waals surface area contributed by atoms with E-state index in [2.05, 4.69) is 17.2 Å². The Balaban J connectivity index is 2.01. The van der Waals surface area contributed by atoms with Crippen LogP contribution >= 0.6 is 0 Å². The van der Waals surface area contributed by atoms with Crippen LogP contribution in [0.15, 0.2) is 36.4 Å². The van der Waals surface area contributed by atoms with Gasteiger partial charge in [0.2, 0.25) is 0 Å². The number of ether oxygens (including phenoxy) is 1. The lowest BCUT2D eigenvalue weighted by molar-refractivity contribution is 0.309. The van der Waals surface area contributed by atoms with Crippen molar-refractivity contribution in [3.05, 3.63) is 42.1 Å². The minimum Gasteiger partial charge on any atom is -0.494 e. The Morgan fingerprint density at radius 1 is 1.15 bits per heavy atom. The molecule has 0 amide bonds. The zero-order chi connectivity index (χ0) is 14.4. The molecule has 2 rings (SSSR count). The van der Waals surface area contributed by atoms with Gasteiger partial charge in [-0.15, -0.1) is 0 Å². The van der Waals surface area contributed by atoms with Gasteiger partial charge in [-0.2, -0.15) is 0 Å². The van der Waals surface area contributed by atoms with Gasteiger partial charge in [-0.05, 0) is 49.7 Å². The van der Waals surface area contributed by atoms with Crippen molar-refractivity contribution < 1.29 is 4.74 Å². The van der Waals surface area contributed by atoms with Gasteiger partial charge in [0.15, 0.2) is 5.82 Å². The average molecular weight is 271 g/mol. The van der Waals surface area contributed by atoms with Gasteiger partial charge in [-0.1, -0.05) is 13.3 Å². The van der Waals surface area contributed by atoms with Crippen molar-refractivity contribution in [2.75, 3.05) is 17.7 Å². The lowest BCUT2D eigenvalue weighted by Gasteiger charge is -2.10. The Kier molecular flexibility index (Phi) is 4.82. The van der Waals surface area contributed by atoms with Crippen molar-refractivity contribution in [1.82, 2.24) is 4.98 Å². The first kappa shape index (κ1) is 14.2. The third kappa shape index (κ3) is 3.88. The monoisotopic (exact) mass is 271 g/mol. The summed E-state index contributed by atoms with van der Waals surface area (Å²) in [6, 6.07) is 11.6. The van der Waals surface area contributed by atoms with Crippen molar-refractivity contribution in [3.63, 3.8) is 0 Å². The lowest BCUT2D eigenvalue weighted by Crippen LogP contribution is -2.00. The molecule has 0 aliphatic rings. The van der Waals surface area contributed by atoms with Gasteiger partial charge >= 0.3 is 0 Å². The molecule has 2 aromatic rings. The number of rotatable bonds is 6. The van der Waals surface area contributed by atoms with E-state index in [-0.39, 0.29) is 0 Å². The highest BCUT2D eigenvalue weighted by molar-refractivity contribution is 5.68. The smallest absolute Gasteiger partial charge is 0.153 e. The van der Waals surface area contributed by atoms with E-state index >= 15 is 0 Å². The molecule has 0 aliphatic heterocycles. The second-order valence-corrected chi connectivity index (χ2v) is 4.74. The number of anilines is 3. The van der Waals surface area contributed by atoms with E-state index in [9.17, 15) is 0 Å². The molecule has 1 heterocycles. The molecular weight excluding hydrogens is 250 g/mol. The molecule has 4 heteroatoms. The van der Waals surface area contributed by atoms with Gasteiger partial charge in [0.25, 0.3) is 0 Å². The first-order valence-electron chi connectivity index (χ1n) is 6.92. The highest BCUT2D eigenvalue weighted by Crippen LogP contribution is 2.23. The Bertz CT molecular complexity index is 552. The summed E-state index contributed by atoms with van der Waals surface area (Å²) in [6.07, 6.45) is 2.21. The molecule has 0 aliphatic carbocycles. The van der Waals surface area contributed by atoms with Crippen molar-refractivity contribution in [2.45, 2.75) is 26.7 Å². The molecule has 106 valence electrons. The summed E-state index contributed by atoms with van der Waals surface area (Å²) in [6.45, 7) is 4.85. The third-order valence-corrected chi connectivity index (χ3v) is 2.95. The van der Waals surface area contributed by atoms with Gasteiger partial charge in [0, 0.05) is 11.4 Å². The van der Waals surface area contributed by atoms with Crippen LogP contribution in [0.4, 0.5) is 17.2 Å². The van der Waals surface area contributed by atoms with Crippen molar-refractivity contribution in [3.8, 4) is 5.75 Å². The highest BCUT2D eigenvalue weighted by atomic mass is 16.5. The minimum absolute atomic E-state index is 0.638. The molecule has 0 fully saturated rings. The van der Waals surface area contributed by atoms with E-state index in [1.54, 1.807) is 0 Å². The highest BCUT2D eigenvalue weighted by Gasteiger charge is 2.02. The SMILES string of the molecule is CCCCOc1ccc(Nc2nc(C)ccc2N)cc1. The Labute approximate surface area is 120 Å². The van der Waals surface area contributed by atoms with Crippen LogP contribution in [0.1, 0.15) is 25.5 Å². The third-order valence-electron chi connectivity index (χ3n) is 2.95. The fourth-order valence-electron chi connectivity index (χ4n) is 1.77. The van der Waals surface area contributed by atoms with Crippen LogP contribution in [0.2, 0.25) is 0 Å². The van der Waals surface area contributed by atoms with Crippen LogP contribution in [0, 0.1) is 6.92 Å². The molecule has 3 N–H and O–H groups in total. The number of pyridine rings is 1. The van der Waals surface area contributed by atoms with Crippen LogP contribution in [-0.4, -0.2) is 11.6 Å². The molecule has 0 bridgehead atoms. The summed E-state index contributed by atoms with van der Waals surface area (Å²) >= 11 is 0. The van der Waals surface area contributed by atoms with Gasteiger partial charge in [-0.3, -0.25) is 0 Å². The molecule has 0 saturated heterocycles. The largest absolute Gasteiger partial charge is 0.494 e. The predicted octanol–water partition coefficient (Wildman–Crippen LogP) is 3.89. The normalized spacial score (nSPS) is 10.3. The molecule has 4 nitrogen and oxygen atoms in total. The van der Waals surface area contributed by atoms with Gasteiger partial charge < -0.3 is 15.8 Å². The molecule has 0 radical (unpaired) electrons. The van der Waals surface area contributed by atoms with Crippen molar-refractivity contribution in [2.24, 2.45) is 0 Å². The quantitative estimate of drug-likeness (QED) is 0.782. The van der Waals surface area contributed by atoms with E-state index in [0.717, 1.165) is 36.6 Å². The fraction of sp³-hybridized carbons (Fsp3) is 0.312. The van der Waals surface area contributed by atoms with Gasteiger partial charge in [0.05, 0.1) is 12.3 Å². The van der Waals surface area contributed by atoms with Crippen molar-refractivity contribution >= 4 is 17.2 Å². The summed E-state index contributed by atoms with van der Waals surface area (Å²) in [5.41, 5.74) is 8.41. The van der Waals surface area contributed by atoms with E-state index in [1.807, 2.05) is 43.3 Å². The standard InChI is InChI=1S/C16H21N3O/c1-3-4-11-20-14-8-6-13(7-9-14)19-16-15(17)10-5-12(2)18-16/h5-10H,3-4,11,17H2,1-2H3,(H,18,19). The molecule has 0 saturated carbocycles. The first-order valence-corrected chi connectivity index (χ1v) is 6.92. The Morgan fingerprint density at radius 2 is 1.90 bits per heavy atom. The molecule has 0 spiro atoms. The second kappa shape index (κ2) is 6.80. The second-order valence-electron chi connectivity index (χ2n) is 4.74. The zero-order valence-electron chi connectivity index (χ0n) is 12.0. The maximum atomic E-state index is 5.90. The van der Waals surface area contributed by atoms with Crippen molar-refractivity contribution in [1.29, 1.82) is 0 Å². The first-order chi connectivity index (χ1) is 9.69.